The number of fused-ring (bicyclic) bond motifs is 2. The molecule has 0 radical (unpaired) electrons. The second kappa shape index (κ2) is 17.3. The van der Waals surface area contributed by atoms with Crippen LogP contribution in [0, 0.1) is 11.8 Å². The van der Waals surface area contributed by atoms with Crippen molar-refractivity contribution in [3.63, 3.8) is 0 Å². The fraction of sp³-hybridized carbons (Fsp3) is 0.467. The van der Waals surface area contributed by atoms with Crippen LogP contribution in [0.15, 0.2) is 24.3 Å². The van der Waals surface area contributed by atoms with Crippen molar-refractivity contribution in [3.8, 4) is 11.5 Å². The SMILES string of the molecule is Br.Br.CC(CCCNc1ccc(NCCCC(C)CC(N)C(N)=O)c2c1C(=O)c1c(O)ccc(O)c1C2=O)CC(N)C(N)=O. The molecule has 2 aromatic rings. The Morgan fingerprint density at radius 3 is 1.34 bits per heavy atom. The van der Waals surface area contributed by atoms with Crippen LogP contribution in [0.1, 0.15) is 84.2 Å². The first kappa shape index (κ1) is 38.8. The van der Waals surface area contributed by atoms with Crippen LogP contribution in [0.4, 0.5) is 11.4 Å². The van der Waals surface area contributed by atoms with Crippen LogP contribution in [0.5, 0.6) is 11.5 Å². The van der Waals surface area contributed by atoms with E-state index in [1.807, 2.05) is 13.8 Å². The number of primary amides is 2. The number of carbonyl (C=O) groups is 4. The van der Waals surface area contributed by atoms with Gasteiger partial charge in [-0.1, -0.05) is 13.8 Å². The van der Waals surface area contributed by atoms with Crippen molar-refractivity contribution in [1.29, 1.82) is 0 Å². The van der Waals surface area contributed by atoms with Gasteiger partial charge < -0.3 is 43.8 Å². The van der Waals surface area contributed by atoms with Gasteiger partial charge in [0.15, 0.2) is 0 Å². The van der Waals surface area contributed by atoms with Gasteiger partial charge in [-0.3, -0.25) is 19.2 Å². The summed E-state index contributed by atoms with van der Waals surface area (Å²) in [5, 5.41) is 27.4. The Labute approximate surface area is 278 Å². The quantitative estimate of drug-likeness (QED) is 0.0788. The minimum absolute atomic E-state index is 0. The topological polar surface area (TPSA) is 237 Å². The Hall–Kier alpha value is -3.20. The van der Waals surface area contributed by atoms with Crippen LogP contribution in [0.3, 0.4) is 0 Å². The van der Waals surface area contributed by atoms with Gasteiger partial charge in [-0.2, -0.15) is 0 Å². The number of amides is 2. The van der Waals surface area contributed by atoms with Crippen molar-refractivity contribution in [2.24, 2.45) is 34.8 Å². The molecule has 244 valence electrons. The van der Waals surface area contributed by atoms with Gasteiger partial charge in [0.25, 0.3) is 0 Å². The Balaban J connectivity index is 0.00000484. The van der Waals surface area contributed by atoms with Crippen molar-refractivity contribution in [1.82, 2.24) is 0 Å². The van der Waals surface area contributed by atoms with E-state index in [-0.39, 0.29) is 79.6 Å². The summed E-state index contributed by atoms with van der Waals surface area (Å²) in [5.41, 5.74) is 22.6. The van der Waals surface area contributed by atoms with Crippen molar-refractivity contribution in [2.45, 2.75) is 64.5 Å². The summed E-state index contributed by atoms with van der Waals surface area (Å²) in [5.74, 6) is -2.71. The molecule has 0 saturated carbocycles. The molecule has 1 aliphatic rings. The summed E-state index contributed by atoms with van der Waals surface area (Å²) in [4.78, 5) is 49.9. The summed E-state index contributed by atoms with van der Waals surface area (Å²) >= 11 is 0. The average Bonchev–Trinajstić information content (AvgIpc) is 2.93. The van der Waals surface area contributed by atoms with Crippen molar-refractivity contribution in [3.05, 3.63) is 46.5 Å². The lowest BCUT2D eigenvalue weighted by atomic mass is 9.81. The maximum atomic E-state index is 13.7. The summed E-state index contributed by atoms with van der Waals surface area (Å²) in [6.07, 6.45) is 3.84. The van der Waals surface area contributed by atoms with E-state index in [0.717, 1.165) is 12.8 Å². The molecule has 12 nitrogen and oxygen atoms in total. The van der Waals surface area contributed by atoms with Crippen LogP contribution in [-0.4, -0.2) is 58.8 Å². The van der Waals surface area contributed by atoms with Crippen LogP contribution in [-0.2, 0) is 9.59 Å². The molecular weight excluding hydrogens is 700 g/mol. The van der Waals surface area contributed by atoms with E-state index in [2.05, 4.69) is 10.6 Å². The second-order valence-electron chi connectivity index (χ2n) is 11.3. The van der Waals surface area contributed by atoms with E-state index in [0.29, 0.717) is 50.1 Å². The van der Waals surface area contributed by atoms with Gasteiger partial charge in [-0.25, -0.2) is 0 Å². The molecule has 0 bridgehead atoms. The molecule has 0 saturated heterocycles. The maximum absolute atomic E-state index is 13.7. The highest BCUT2D eigenvalue weighted by Crippen LogP contribution is 2.42. The molecule has 0 aromatic heterocycles. The highest BCUT2D eigenvalue weighted by Gasteiger charge is 2.38. The van der Waals surface area contributed by atoms with Gasteiger partial charge in [0, 0.05) is 24.5 Å². The standard InChI is InChI=1S/C30H42N6O6.2BrH/c1-15(13-17(31)29(33)41)5-3-11-35-19-7-8-20(36-12-4-6-16(2)14-18(32)30(34)42)24-23(19)27(39)25-21(37)9-10-22(38)26(25)28(24)40;;/h7-10,15-18,35-38H,3-6,11-14,31-32H2,1-2H3,(H2,33,41)(H2,34,42);2*1H. The normalized spacial score (nSPS) is 14.5. The van der Waals surface area contributed by atoms with E-state index >= 15 is 0 Å². The molecule has 14 heteroatoms. The fourth-order valence-corrected chi connectivity index (χ4v) is 5.34. The van der Waals surface area contributed by atoms with Crippen LogP contribution in [0.25, 0.3) is 0 Å². The van der Waals surface area contributed by atoms with Crippen molar-refractivity contribution < 1.29 is 29.4 Å². The zero-order chi connectivity index (χ0) is 31.1. The average molecular weight is 745 g/mol. The second-order valence-corrected chi connectivity index (χ2v) is 11.3. The highest BCUT2D eigenvalue weighted by atomic mass is 79.9. The lowest BCUT2D eigenvalue weighted by molar-refractivity contribution is -0.120. The molecule has 0 fully saturated rings. The molecular formula is C30H44Br2N6O6. The van der Waals surface area contributed by atoms with E-state index in [9.17, 15) is 29.4 Å². The number of benzene rings is 2. The minimum atomic E-state index is -0.705. The van der Waals surface area contributed by atoms with Crippen LogP contribution < -0.4 is 33.6 Å². The third kappa shape index (κ3) is 9.40. The first-order valence-corrected chi connectivity index (χ1v) is 14.2. The van der Waals surface area contributed by atoms with Crippen LogP contribution in [0.2, 0.25) is 0 Å². The van der Waals surface area contributed by atoms with Gasteiger partial charge in [-0.15, -0.1) is 34.0 Å². The molecule has 4 unspecified atom stereocenters. The number of nitrogens with two attached hydrogens (primary N) is 4. The fourth-order valence-electron chi connectivity index (χ4n) is 5.34. The first-order chi connectivity index (χ1) is 19.8. The number of ketones is 2. The smallest absolute Gasteiger partial charge is 0.234 e. The van der Waals surface area contributed by atoms with E-state index < -0.39 is 35.5 Å². The Bertz CT molecular complexity index is 1260. The summed E-state index contributed by atoms with van der Waals surface area (Å²) in [6, 6.07) is 4.37. The maximum Gasteiger partial charge on any atom is 0.234 e. The molecule has 0 heterocycles. The number of phenolic OH excluding ortho intramolecular Hbond substituents is 2. The zero-order valence-electron chi connectivity index (χ0n) is 24.9. The Morgan fingerprint density at radius 1 is 0.682 bits per heavy atom. The molecule has 4 atom stereocenters. The van der Waals surface area contributed by atoms with E-state index in [1.54, 1.807) is 12.1 Å². The molecule has 44 heavy (non-hydrogen) atoms. The number of halogens is 2. The molecule has 0 aliphatic heterocycles. The van der Waals surface area contributed by atoms with Crippen molar-refractivity contribution >= 4 is 68.7 Å². The number of hydrogen-bond donors (Lipinski definition) is 8. The van der Waals surface area contributed by atoms with Gasteiger partial charge in [-0.05, 0) is 74.6 Å². The zero-order valence-corrected chi connectivity index (χ0v) is 28.4. The minimum Gasteiger partial charge on any atom is -0.507 e. The van der Waals surface area contributed by atoms with Gasteiger partial charge in [0.1, 0.15) is 11.5 Å². The number of nitrogens with one attached hydrogen (secondary N) is 2. The van der Waals surface area contributed by atoms with Crippen LogP contribution >= 0.6 is 34.0 Å². The predicted molar refractivity (Wildman–Crippen MR) is 181 cm³/mol. The lowest BCUT2D eigenvalue weighted by Gasteiger charge is -2.25. The Kier molecular flexibility index (Phi) is 15.3. The van der Waals surface area contributed by atoms with Gasteiger partial charge in [0.2, 0.25) is 23.4 Å². The summed E-state index contributed by atoms with van der Waals surface area (Å²) in [6.45, 7) is 4.90. The largest absolute Gasteiger partial charge is 0.507 e. The summed E-state index contributed by atoms with van der Waals surface area (Å²) in [7, 11) is 0. The number of anilines is 2. The van der Waals surface area contributed by atoms with Gasteiger partial charge in [0.05, 0.1) is 34.3 Å². The number of rotatable bonds is 16. The van der Waals surface area contributed by atoms with Gasteiger partial charge >= 0.3 is 0 Å². The number of aromatic hydroxyl groups is 2. The molecule has 3 rings (SSSR count). The first-order valence-electron chi connectivity index (χ1n) is 14.2. The number of hydrogen-bond acceptors (Lipinski definition) is 10. The number of phenols is 2. The molecule has 0 spiro atoms. The molecule has 2 aromatic carbocycles. The molecule has 2 amide bonds. The van der Waals surface area contributed by atoms with E-state index in [1.165, 1.54) is 12.1 Å². The van der Waals surface area contributed by atoms with Crippen molar-refractivity contribution in [2.75, 3.05) is 23.7 Å². The third-order valence-corrected chi connectivity index (χ3v) is 7.70. The predicted octanol–water partition coefficient (Wildman–Crippen LogP) is 3.09. The molecule has 12 N–H and O–H groups in total. The lowest BCUT2D eigenvalue weighted by Crippen LogP contribution is -2.37. The number of carbonyl (C=O) groups excluding carboxylic acids is 4. The third-order valence-electron chi connectivity index (χ3n) is 7.70. The monoisotopic (exact) mass is 742 g/mol. The Morgan fingerprint density at radius 2 is 1.02 bits per heavy atom. The molecule has 1 aliphatic carbocycles. The van der Waals surface area contributed by atoms with E-state index in [4.69, 9.17) is 22.9 Å². The summed E-state index contributed by atoms with van der Waals surface area (Å²) < 4.78 is 0. The highest BCUT2D eigenvalue weighted by molar-refractivity contribution is 8.93.